The van der Waals surface area contributed by atoms with Crippen LogP contribution in [0.3, 0.4) is 0 Å². The number of hydrogen-bond acceptors (Lipinski definition) is 4. The molecule has 1 aliphatic rings. The summed E-state index contributed by atoms with van der Waals surface area (Å²) in [5.74, 6) is 0. The van der Waals surface area contributed by atoms with Crippen molar-refractivity contribution in [1.29, 1.82) is 0 Å². The molecular weight excluding hydrogens is 456 g/mol. The third-order valence-electron chi connectivity index (χ3n) is 6.66. The van der Waals surface area contributed by atoms with Crippen LogP contribution in [0.25, 0.3) is 10.9 Å². The van der Waals surface area contributed by atoms with Gasteiger partial charge >= 0.3 is 0 Å². The van der Waals surface area contributed by atoms with Crippen molar-refractivity contribution in [3.63, 3.8) is 0 Å². The highest BCUT2D eigenvalue weighted by Crippen LogP contribution is 2.19. The Morgan fingerprint density at radius 2 is 1.91 bits per heavy atom. The minimum Gasteiger partial charge on any atom is -0.379 e. The fourth-order valence-electron chi connectivity index (χ4n) is 4.72. The van der Waals surface area contributed by atoms with Crippen molar-refractivity contribution in [3.05, 3.63) is 81.1 Å². The van der Waals surface area contributed by atoms with E-state index in [1.54, 1.807) is 0 Å². The molecule has 0 radical (unpaired) electrons. The molecule has 1 fully saturated rings. The molecule has 0 bridgehead atoms. The number of aromatic amines is 1. The number of nitrogens with zero attached hydrogens (tertiary/aromatic N) is 2. The van der Waals surface area contributed by atoms with E-state index in [0.717, 1.165) is 67.8 Å². The Hall–Kier alpha value is -2.74. The first-order chi connectivity index (χ1) is 16.9. The van der Waals surface area contributed by atoms with Crippen LogP contribution >= 0.6 is 12.2 Å². The van der Waals surface area contributed by atoms with Gasteiger partial charge in [0.25, 0.3) is 5.56 Å². The number of aromatic nitrogens is 1. The van der Waals surface area contributed by atoms with Crippen LogP contribution in [0.5, 0.6) is 0 Å². The van der Waals surface area contributed by atoms with E-state index in [1.807, 2.05) is 31.2 Å². The molecule has 0 unspecified atom stereocenters. The third-order valence-corrected chi connectivity index (χ3v) is 7.04. The van der Waals surface area contributed by atoms with E-state index < -0.39 is 0 Å². The van der Waals surface area contributed by atoms with Crippen LogP contribution in [0.15, 0.2) is 53.3 Å². The Morgan fingerprint density at radius 1 is 1.17 bits per heavy atom. The zero-order chi connectivity index (χ0) is 24.8. The van der Waals surface area contributed by atoms with Crippen LogP contribution < -0.4 is 10.9 Å². The van der Waals surface area contributed by atoms with Crippen LogP contribution in [0.4, 0.5) is 0 Å². The Morgan fingerprint density at radius 3 is 2.66 bits per heavy atom. The zero-order valence-electron chi connectivity index (χ0n) is 21.0. The second-order valence-corrected chi connectivity index (χ2v) is 9.87. The van der Waals surface area contributed by atoms with Gasteiger partial charge < -0.3 is 19.9 Å². The van der Waals surface area contributed by atoms with Crippen molar-refractivity contribution >= 4 is 28.2 Å². The molecule has 0 amide bonds. The number of pyridine rings is 1. The lowest BCUT2D eigenvalue weighted by Gasteiger charge is -2.30. The van der Waals surface area contributed by atoms with Crippen LogP contribution in [-0.4, -0.2) is 59.3 Å². The summed E-state index contributed by atoms with van der Waals surface area (Å²) in [6, 6.07) is 16.6. The molecule has 35 heavy (non-hydrogen) atoms. The maximum absolute atomic E-state index is 13.0. The lowest BCUT2D eigenvalue weighted by Crippen LogP contribution is -2.43. The predicted molar refractivity (Wildman–Crippen MR) is 147 cm³/mol. The summed E-state index contributed by atoms with van der Waals surface area (Å²) >= 11 is 5.87. The van der Waals surface area contributed by atoms with Crippen molar-refractivity contribution in [3.8, 4) is 0 Å². The fraction of sp³-hybridized carbons (Fsp3) is 0.429. The van der Waals surface area contributed by atoms with Crippen molar-refractivity contribution in [1.82, 2.24) is 20.1 Å². The number of fused-ring (bicyclic) bond motifs is 1. The van der Waals surface area contributed by atoms with Crippen molar-refractivity contribution in [2.75, 3.05) is 39.4 Å². The standard InChI is InChI=1S/C28H36N4O2S/c1-20-16-21(2)26-24(17-20)18-25(27(33)30-26)19-32(11-7-10-31-12-14-34-15-13-31)28(35)29-22(3)23-8-5-4-6-9-23/h4-6,8-9,16-18,22H,7,10-15,19H2,1-3H3,(H,29,35)(H,30,33)/t22-/m1/s1. The fourth-order valence-corrected chi connectivity index (χ4v) is 5.05. The molecule has 2 aromatic carbocycles. The molecule has 1 saturated heterocycles. The molecule has 0 aliphatic carbocycles. The Kier molecular flexibility index (Phi) is 8.55. The lowest BCUT2D eigenvalue weighted by molar-refractivity contribution is 0.0367. The normalized spacial score (nSPS) is 15.2. The molecular formula is C28H36N4O2S. The van der Waals surface area contributed by atoms with E-state index >= 15 is 0 Å². The molecule has 7 heteroatoms. The number of hydrogen-bond donors (Lipinski definition) is 2. The lowest BCUT2D eigenvalue weighted by atomic mass is 10.1. The van der Waals surface area contributed by atoms with Gasteiger partial charge in [0.1, 0.15) is 0 Å². The molecule has 1 atom stereocenters. The summed E-state index contributed by atoms with van der Waals surface area (Å²) in [5.41, 5.74) is 5.02. The van der Waals surface area contributed by atoms with E-state index in [4.69, 9.17) is 17.0 Å². The number of benzene rings is 2. The third kappa shape index (κ3) is 6.69. The minimum atomic E-state index is -0.0541. The van der Waals surface area contributed by atoms with Gasteiger partial charge in [0.15, 0.2) is 5.11 Å². The Labute approximate surface area is 213 Å². The smallest absolute Gasteiger partial charge is 0.253 e. The summed E-state index contributed by atoms with van der Waals surface area (Å²) in [6.45, 7) is 12.0. The molecule has 4 rings (SSSR count). The Bertz CT molecular complexity index is 1200. The highest BCUT2D eigenvalue weighted by Gasteiger charge is 2.17. The van der Waals surface area contributed by atoms with Crippen molar-refractivity contribution in [2.45, 2.75) is 39.8 Å². The highest BCUT2D eigenvalue weighted by molar-refractivity contribution is 7.80. The van der Waals surface area contributed by atoms with Crippen LogP contribution in [0, 0.1) is 13.8 Å². The number of aryl methyl sites for hydroxylation is 2. The van der Waals surface area contributed by atoms with E-state index in [-0.39, 0.29) is 11.6 Å². The van der Waals surface area contributed by atoms with Gasteiger partial charge in [-0.2, -0.15) is 0 Å². The molecule has 186 valence electrons. The van der Waals surface area contributed by atoms with Crippen molar-refractivity contribution < 1.29 is 4.74 Å². The first-order valence-corrected chi connectivity index (χ1v) is 12.8. The number of ether oxygens (including phenoxy) is 1. The molecule has 1 aliphatic heterocycles. The molecule has 6 nitrogen and oxygen atoms in total. The number of nitrogens with one attached hydrogen (secondary N) is 2. The van der Waals surface area contributed by atoms with Gasteiger partial charge in [0.05, 0.1) is 31.3 Å². The first-order valence-electron chi connectivity index (χ1n) is 12.4. The van der Waals surface area contributed by atoms with E-state index in [2.05, 4.69) is 58.2 Å². The van der Waals surface area contributed by atoms with Gasteiger partial charge in [-0.05, 0) is 68.1 Å². The molecule has 2 N–H and O–H groups in total. The quantitative estimate of drug-likeness (QED) is 0.457. The minimum absolute atomic E-state index is 0.0541. The summed E-state index contributed by atoms with van der Waals surface area (Å²) in [7, 11) is 0. The molecule has 1 aromatic heterocycles. The average molecular weight is 493 g/mol. The average Bonchev–Trinajstić information content (AvgIpc) is 2.85. The first kappa shape index (κ1) is 25.4. The van der Waals surface area contributed by atoms with E-state index in [9.17, 15) is 4.79 Å². The SMILES string of the molecule is Cc1cc(C)c2[nH]c(=O)c(CN(CCCN3CCOCC3)C(=S)N[C@H](C)c3ccccc3)cc2c1. The van der Waals surface area contributed by atoms with Gasteiger partial charge in [-0.15, -0.1) is 0 Å². The van der Waals surface area contributed by atoms with Crippen LogP contribution in [-0.2, 0) is 11.3 Å². The summed E-state index contributed by atoms with van der Waals surface area (Å²) in [4.78, 5) is 20.7. The number of thiocarbonyl (C=S) groups is 1. The molecule has 3 aromatic rings. The van der Waals surface area contributed by atoms with Gasteiger partial charge in [-0.1, -0.05) is 42.0 Å². The van der Waals surface area contributed by atoms with Crippen molar-refractivity contribution in [2.24, 2.45) is 0 Å². The van der Waals surface area contributed by atoms with Crippen LogP contribution in [0.1, 0.15) is 41.6 Å². The molecule has 0 saturated carbocycles. The Balaban J connectivity index is 1.52. The van der Waals surface area contributed by atoms with Gasteiger partial charge in [0.2, 0.25) is 0 Å². The second-order valence-electron chi connectivity index (χ2n) is 9.48. The summed E-state index contributed by atoms with van der Waals surface area (Å²) in [5, 5.41) is 5.22. The van der Waals surface area contributed by atoms with E-state index in [0.29, 0.717) is 11.7 Å². The summed E-state index contributed by atoms with van der Waals surface area (Å²) in [6.07, 6.45) is 0.964. The number of morpholine rings is 1. The monoisotopic (exact) mass is 492 g/mol. The maximum Gasteiger partial charge on any atom is 0.253 e. The van der Waals surface area contributed by atoms with Gasteiger partial charge in [0, 0.05) is 31.7 Å². The largest absolute Gasteiger partial charge is 0.379 e. The summed E-state index contributed by atoms with van der Waals surface area (Å²) < 4.78 is 5.47. The van der Waals surface area contributed by atoms with Gasteiger partial charge in [-0.25, -0.2) is 0 Å². The molecule has 2 heterocycles. The predicted octanol–water partition coefficient (Wildman–Crippen LogP) is 4.30. The maximum atomic E-state index is 13.0. The number of rotatable bonds is 8. The number of H-pyrrole nitrogens is 1. The zero-order valence-corrected chi connectivity index (χ0v) is 21.8. The highest BCUT2D eigenvalue weighted by atomic mass is 32.1. The molecule has 0 spiro atoms. The topological polar surface area (TPSA) is 60.6 Å². The second kappa shape index (κ2) is 11.8. The van der Waals surface area contributed by atoms with Gasteiger partial charge in [-0.3, -0.25) is 9.69 Å². The van der Waals surface area contributed by atoms with Crippen LogP contribution in [0.2, 0.25) is 0 Å². The van der Waals surface area contributed by atoms with E-state index in [1.165, 1.54) is 11.1 Å².